The second-order valence-electron chi connectivity index (χ2n) is 8.23. The van der Waals surface area contributed by atoms with Crippen LogP contribution in [0.5, 0.6) is 11.5 Å². The zero-order valence-corrected chi connectivity index (χ0v) is 20.0. The second-order valence-corrected chi connectivity index (χ2v) is 8.23. The molecule has 0 aliphatic heterocycles. The maximum absolute atomic E-state index is 14.4. The van der Waals surface area contributed by atoms with Gasteiger partial charge in [-0.25, -0.2) is 9.37 Å². The molecule has 0 aliphatic carbocycles. The lowest BCUT2D eigenvalue weighted by atomic mass is 10.0. The number of carbonyl (C=O) groups excluding carboxylic acids is 1. The Morgan fingerprint density at radius 2 is 1.82 bits per heavy atom. The van der Waals surface area contributed by atoms with Crippen molar-refractivity contribution >= 4 is 11.4 Å². The second kappa shape index (κ2) is 10.7. The number of methoxy groups -OCH3 is 1. The van der Waals surface area contributed by atoms with E-state index in [0.29, 0.717) is 5.56 Å². The first-order chi connectivity index (χ1) is 18.1. The average Bonchev–Trinajstić information content (AvgIpc) is 3.30. The van der Waals surface area contributed by atoms with E-state index in [1.165, 1.54) is 55.8 Å². The first kappa shape index (κ1) is 26.9. The quantitative estimate of drug-likeness (QED) is 0.284. The van der Waals surface area contributed by atoms with Crippen LogP contribution in [0.4, 0.5) is 17.6 Å². The maximum Gasteiger partial charge on any atom is 0.426 e. The number of nitrogens with one attached hydrogen (secondary N) is 1. The number of carbonyl (C=O) groups is 1. The minimum atomic E-state index is -5.24. The van der Waals surface area contributed by atoms with Gasteiger partial charge in [0.15, 0.2) is 17.3 Å². The predicted molar refractivity (Wildman–Crippen MR) is 128 cm³/mol. The average molecular weight is 533 g/mol. The summed E-state index contributed by atoms with van der Waals surface area (Å²) in [7, 11) is 1.31. The molecular weight excluding hydrogens is 510 g/mol. The number of aromatic nitrogens is 2. The van der Waals surface area contributed by atoms with E-state index in [1.807, 2.05) is 0 Å². The first-order valence-electron chi connectivity index (χ1n) is 11.3. The van der Waals surface area contributed by atoms with Crippen LogP contribution < -0.4 is 14.8 Å². The van der Waals surface area contributed by atoms with Crippen LogP contribution >= 0.6 is 0 Å². The Balaban J connectivity index is 1.69. The zero-order chi connectivity index (χ0) is 27.5. The summed E-state index contributed by atoms with van der Waals surface area (Å²) in [6.07, 6.45) is -3.93. The standard InChI is InChI=1S/C26H23F4N3O5/c1-37-21-14-17(7-10-20(21)38-13-12-34)23(35)31-15-25(36,26(28,29)30)24-32-22(16-5-8-18(27)9-6-16)19-4-2-3-11-33(19)24/h2-11,14,34,36H,12-13,15H2,1H3,(H,31,35). The molecule has 200 valence electrons. The number of hydrogen-bond donors (Lipinski definition) is 3. The van der Waals surface area contributed by atoms with Crippen molar-refractivity contribution in [1.29, 1.82) is 0 Å². The van der Waals surface area contributed by atoms with Gasteiger partial charge in [-0.1, -0.05) is 6.07 Å². The number of ether oxygens (including phenoxy) is 2. The Morgan fingerprint density at radius 3 is 2.47 bits per heavy atom. The number of hydrogen-bond acceptors (Lipinski definition) is 6. The Hall–Kier alpha value is -4.16. The maximum atomic E-state index is 14.4. The van der Waals surface area contributed by atoms with Crippen LogP contribution in [0.3, 0.4) is 0 Å². The molecule has 8 nitrogen and oxygen atoms in total. The van der Waals surface area contributed by atoms with Crippen molar-refractivity contribution in [3.63, 3.8) is 0 Å². The van der Waals surface area contributed by atoms with Gasteiger partial charge in [-0.3, -0.25) is 4.79 Å². The lowest BCUT2D eigenvalue weighted by Gasteiger charge is -2.29. The monoisotopic (exact) mass is 533 g/mol. The molecule has 2 heterocycles. The summed E-state index contributed by atoms with van der Waals surface area (Å²) in [5, 5.41) is 22.1. The number of halogens is 4. The minimum absolute atomic E-state index is 0.0291. The third kappa shape index (κ3) is 5.13. The predicted octanol–water partition coefficient (Wildman–Crippen LogP) is 3.70. The van der Waals surface area contributed by atoms with Crippen LogP contribution in [0, 0.1) is 5.82 Å². The van der Waals surface area contributed by atoms with Crippen LogP contribution in [0.25, 0.3) is 16.8 Å². The Labute approximate surface area is 214 Å². The van der Waals surface area contributed by atoms with Crippen LogP contribution in [0.2, 0.25) is 0 Å². The molecule has 0 aliphatic rings. The number of aliphatic hydroxyl groups is 2. The summed E-state index contributed by atoms with van der Waals surface area (Å²) < 4.78 is 68.0. The fourth-order valence-electron chi connectivity index (χ4n) is 3.85. The molecule has 1 atom stereocenters. The summed E-state index contributed by atoms with van der Waals surface area (Å²) >= 11 is 0. The van der Waals surface area contributed by atoms with Crippen LogP contribution in [-0.4, -0.2) is 58.5 Å². The van der Waals surface area contributed by atoms with Crippen molar-refractivity contribution in [3.8, 4) is 22.8 Å². The number of fused-ring (bicyclic) bond motifs is 1. The van der Waals surface area contributed by atoms with Gasteiger partial charge in [-0.15, -0.1) is 0 Å². The van der Waals surface area contributed by atoms with E-state index in [2.05, 4.69) is 10.3 Å². The molecule has 0 fully saturated rings. The highest BCUT2D eigenvalue weighted by atomic mass is 19.4. The number of benzene rings is 2. The number of aliphatic hydroxyl groups excluding tert-OH is 1. The number of nitrogens with zero attached hydrogens (tertiary/aromatic N) is 2. The van der Waals surface area contributed by atoms with Gasteiger partial charge in [0.2, 0.25) is 5.60 Å². The Bertz CT molecular complexity index is 1440. The van der Waals surface area contributed by atoms with E-state index in [9.17, 15) is 27.5 Å². The topological polar surface area (TPSA) is 105 Å². The van der Waals surface area contributed by atoms with Gasteiger partial charge in [-0.2, -0.15) is 13.2 Å². The number of rotatable bonds is 9. The molecule has 3 N–H and O–H groups in total. The molecule has 2 aromatic heterocycles. The van der Waals surface area contributed by atoms with Crippen molar-refractivity contribution in [2.45, 2.75) is 11.8 Å². The van der Waals surface area contributed by atoms with Crippen molar-refractivity contribution in [2.75, 3.05) is 26.9 Å². The SMILES string of the molecule is COc1cc(C(=O)NCC(O)(c2nc(-c3ccc(F)cc3)c3ccccn23)C(F)(F)F)ccc1OCCO. The molecule has 0 saturated carbocycles. The fraction of sp³-hybridized carbons (Fsp3) is 0.231. The number of alkyl halides is 3. The fourth-order valence-corrected chi connectivity index (χ4v) is 3.85. The highest BCUT2D eigenvalue weighted by Gasteiger charge is 2.58. The van der Waals surface area contributed by atoms with Gasteiger partial charge >= 0.3 is 6.18 Å². The summed E-state index contributed by atoms with van der Waals surface area (Å²) in [6.45, 7) is -1.54. The van der Waals surface area contributed by atoms with Crippen LogP contribution in [0.1, 0.15) is 16.2 Å². The molecular formula is C26H23F4N3O5. The molecule has 1 amide bonds. The van der Waals surface area contributed by atoms with Gasteiger partial charge in [0.05, 0.1) is 31.5 Å². The summed E-state index contributed by atoms with van der Waals surface area (Å²) in [5.41, 5.74) is -2.96. The molecule has 12 heteroatoms. The van der Waals surface area contributed by atoms with E-state index >= 15 is 0 Å². The Morgan fingerprint density at radius 1 is 1.08 bits per heavy atom. The summed E-state index contributed by atoms with van der Waals surface area (Å²) in [4.78, 5) is 16.9. The first-order valence-corrected chi connectivity index (χ1v) is 11.3. The van der Waals surface area contributed by atoms with Gasteiger partial charge in [-0.05, 0) is 54.6 Å². The number of imidazole rings is 1. The van der Waals surface area contributed by atoms with Crippen molar-refractivity contribution in [3.05, 3.63) is 84.1 Å². The van der Waals surface area contributed by atoms with E-state index < -0.39 is 35.9 Å². The summed E-state index contributed by atoms with van der Waals surface area (Å²) in [5.74, 6) is -1.87. The Kier molecular flexibility index (Phi) is 7.56. The molecule has 0 spiro atoms. The van der Waals surface area contributed by atoms with Gasteiger partial charge in [0.25, 0.3) is 5.91 Å². The third-order valence-electron chi connectivity index (χ3n) is 5.78. The van der Waals surface area contributed by atoms with E-state index in [1.54, 1.807) is 6.07 Å². The van der Waals surface area contributed by atoms with E-state index in [0.717, 1.165) is 16.5 Å². The molecule has 4 rings (SSSR count). The van der Waals surface area contributed by atoms with Crippen LogP contribution in [0.15, 0.2) is 66.9 Å². The molecule has 0 bridgehead atoms. The number of amides is 1. The normalized spacial score (nSPS) is 13.2. The third-order valence-corrected chi connectivity index (χ3v) is 5.78. The van der Waals surface area contributed by atoms with E-state index in [-0.39, 0.29) is 41.5 Å². The van der Waals surface area contributed by atoms with Crippen molar-refractivity contribution < 1.29 is 42.0 Å². The van der Waals surface area contributed by atoms with Crippen LogP contribution in [-0.2, 0) is 5.60 Å². The summed E-state index contributed by atoms with van der Waals surface area (Å²) in [6, 6.07) is 13.5. The van der Waals surface area contributed by atoms with Gasteiger partial charge in [0, 0.05) is 17.3 Å². The lowest BCUT2D eigenvalue weighted by Crippen LogP contribution is -2.52. The molecule has 0 radical (unpaired) electrons. The van der Waals surface area contributed by atoms with Crippen molar-refractivity contribution in [2.24, 2.45) is 0 Å². The molecule has 2 aromatic carbocycles. The highest BCUT2D eigenvalue weighted by molar-refractivity contribution is 5.95. The molecule has 38 heavy (non-hydrogen) atoms. The molecule has 4 aromatic rings. The molecule has 0 saturated heterocycles. The minimum Gasteiger partial charge on any atom is -0.493 e. The highest BCUT2D eigenvalue weighted by Crippen LogP contribution is 2.40. The van der Waals surface area contributed by atoms with Gasteiger partial charge in [0.1, 0.15) is 12.4 Å². The van der Waals surface area contributed by atoms with E-state index in [4.69, 9.17) is 14.6 Å². The smallest absolute Gasteiger partial charge is 0.426 e. The largest absolute Gasteiger partial charge is 0.493 e. The molecule has 1 unspecified atom stereocenters. The van der Waals surface area contributed by atoms with Crippen molar-refractivity contribution in [1.82, 2.24) is 14.7 Å². The lowest BCUT2D eigenvalue weighted by molar-refractivity contribution is -0.266. The van der Waals surface area contributed by atoms with Gasteiger partial charge < -0.3 is 29.4 Å². The zero-order valence-electron chi connectivity index (χ0n) is 20.0. The number of pyridine rings is 1.